The van der Waals surface area contributed by atoms with Crippen LogP contribution in [0.25, 0.3) is 0 Å². The highest BCUT2D eigenvalue weighted by Crippen LogP contribution is 2.18. The molecule has 1 atom stereocenters. The highest BCUT2D eigenvalue weighted by Gasteiger charge is 2.14. The number of unbranched alkanes of at least 4 members (excludes halogenated alkanes) is 8. The molecule has 0 bridgehead atoms. The van der Waals surface area contributed by atoms with Crippen molar-refractivity contribution in [2.24, 2.45) is 0 Å². The lowest BCUT2D eigenvalue weighted by Gasteiger charge is -2.20. The summed E-state index contributed by atoms with van der Waals surface area (Å²) in [6, 6.07) is 2.91. The fraction of sp³-hybridized carbons (Fsp3) is 1.00. The van der Waals surface area contributed by atoms with Crippen molar-refractivity contribution in [1.82, 2.24) is 0 Å². The Labute approximate surface area is 110 Å². The Kier molecular flexibility index (Phi) is 10.1. The zero-order valence-corrected chi connectivity index (χ0v) is 13.0. The van der Waals surface area contributed by atoms with Crippen LogP contribution >= 0.6 is 0 Å². The summed E-state index contributed by atoms with van der Waals surface area (Å²) in [5.41, 5.74) is 0. The van der Waals surface area contributed by atoms with Crippen LogP contribution in [0.5, 0.6) is 0 Å². The number of rotatable bonds is 10. The molecule has 1 rings (SSSR count). The highest BCUT2D eigenvalue weighted by molar-refractivity contribution is 6.51. The van der Waals surface area contributed by atoms with E-state index in [2.05, 4.69) is 6.92 Å². The summed E-state index contributed by atoms with van der Waals surface area (Å²) in [4.78, 5) is 0. The zero-order valence-electron chi connectivity index (χ0n) is 11.9. The molecule has 0 aromatic heterocycles. The molecule has 1 fully saturated rings. The van der Waals surface area contributed by atoms with E-state index in [0.717, 1.165) is 6.61 Å². The predicted molar refractivity (Wildman–Crippen MR) is 79.2 cm³/mol. The molecule has 0 saturated carbocycles. The van der Waals surface area contributed by atoms with Crippen molar-refractivity contribution in [3.8, 4) is 0 Å². The summed E-state index contributed by atoms with van der Waals surface area (Å²) in [5.74, 6) is 0. The SMILES string of the molecule is CCCCCCCCCCC[SiH]1CCCCO1. The topological polar surface area (TPSA) is 9.23 Å². The van der Waals surface area contributed by atoms with Crippen molar-refractivity contribution in [1.29, 1.82) is 0 Å². The molecule has 0 spiro atoms. The van der Waals surface area contributed by atoms with Gasteiger partial charge in [-0.15, -0.1) is 0 Å². The third kappa shape index (κ3) is 8.84. The maximum Gasteiger partial charge on any atom is 0.176 e. The molecular weight excluding hydrogens is 224 g/mol. The average Bonchev–Trinajstić information content (AvgIpc) is 2.38. The van der Waals surface area contributed by atoms with Gasteiger partial charge in [-0.3, -0.25) is 0 Å². The summed E-state index contributed by atoms with van der Waals surface area (Å²) in [7, 11) is -0.700. The molecule has 1 heterocycles. The minimum Gasteiger partial charge on any atom is -0.420 e. The summed E-state index contributed by atoms with van der Waals surface area (Å²) >= 11 is 0. The molecule has 0 radical (unpaired) electrons. The second-order valence-corrected chi connectivity index (χ2v) is 8.34. The quantitative estimate of drug-likeness (QED) is 0.392. The van der Waals surface area contributed by atoms with E-state index >= 15 is 0 Å². The molecular formula is C15H32OSi. The molecule has 1 unspecified atom stereocenters. The molecule has 0 aromatic carbocycles. The van der Waals surface area contributed by atoms with E-state index in [1.54, 1.807) is 0 Å². The third-order valence-corrected chi connectivity index (χ3v) is 6.72. The molecule has 102 valence electrons. The van der Waals surface area contributed by atoms with E-state index in [1.807, 2.05) is 0 Å². The summed E-state index contributed by atoms with van der Waals surface area (Å²) in [6.45, 7) is 3.37. The predicted octanol–water partition coefficient (Wildman–Crippen LogP) is 5.05. The van der Waals surface area contributed by atoms with Gasteiger partial charge >= 0.3 is 0 Å². The smallest absolute Gasteiger partial charge is 0.176 e. The van der Waals surface area contributed by atoms with Gasteiger partial charge in [-0.25, -0.2) is 0 Å². The van der Waals surface area contributed by atoms with Crippen LogP contribution in [0.4, 0.5) is 0 Å². The lowest BCUT2D eigenvalue weighted by molar-refractivity contribution is 0.285. The lowest BCUT2D eigenvalue weighted by Crippen LogP contribution is -2.22. The van der Waals surface area contributed by atoms with Gasteiger partial charge in [0, 0.05) is 6.61 Å². The minimum absolute atomic E-state index is 0.700. The Morgan fingerprint density at radius 3 is 2.06 bits per heavy atom. The van der Waals surface area contributed by atoms with Crippen molar-refractivity contribution in [3.05, 3.63) is 0 Å². The number of hydrogen-bond donors (Lipinski definition) is 0. The van der Waals surface area contributed by atoms with Gasteiger partial charge in [0.15, 0.2) is 9.04 Å². The van der Waals surface area contributed by atoms with Crippen LogP contribution in [-0.4, -0.2) is 15.6 Å². The largest absolute Gasteiger partial charge is 0.420 e. The highest BCUT2D eigenvalue weighted by atomic mass is 28.3. The van der Waals surface area contributed by atoms with Gasteiger partial charge in [-0.05, 0) is 18.5 Å². The molecule has 0 aromatic rings. The first-order valence-corrected chi connectivity index (χ1v) is 10.2. The first kappa shape index (κ1) is 15.2. The van der Waals surface area contributed by atoms with E-state index in [1.165, 1.54) is 82.7 Å². The second kappa shape index (κ2) is 11.3. The molecule has 1 nitrogen and oxygen atoms in total. The fourth-order valence-corrected chi connectivity index (χ4v) is 5.33. The minimum atomic E-state index is -0.700. The van der Waals surface area contributed by atoms with Crippen LogP contribution in [0, 0.1) is 0 Å². The molecule has 0 amide bonds. The first-order chi connectivity index (χ1) is 8.43. The second-order valence-electron chi connectivity index (χ2n) is 5.61. The third-order valence-electron chi connectivity index (χ3n) is 3.90. The maximum absolute atomic E-state index is 5.89. The Balaban J connectivity index is 1.75. The van der Waals surface area contributed by atoms with Crippen LogP contribution in [-0.2, 0) is 4.43 Å². The first-order valence-electron chi connectivity index (χ1n) is 8.05. The van der Waals surface area contributed by atoms with E-state index in [4.69, 9.17) is 4.43 Å². The molecule has 0 aliphatic carbocycles. The zero-order chi connectivity index (χ0) is 12.2. The maximum atomic E-state index is 5.89. The molecule has 1 aliphatic heterocycles. The van der Waals surface area contributed by atoms with Gasteiger partial charge in [0.25, 0.3) is 0 Å². The van der Waals surface area contributed by atoms with Crippen LogP contribution in [0.15, 0.2) is 0 Å². The van der Waals surface area contributed by atoms with Gasteiger partial charge in [0.2, 0.25) is 0 Å². The van der Waals surface area contributed by atoms with E-state index in [-0.39, 0.29) is 0 Å². The van der Waals surface area contributed by atoms with Crippen molar-refractivity contribution in [2.45, 2.75) is 89.6 Å². The summed E-state index contributed by atoms with van der Waals surface area (Å²) in [5, 5.41) is 0. The normalized spacial score (nSPS) is 20.6. The Hall–Kier alpha value is 0.177. The number of hydrogen-bond acceptors (Lipinski definition) is 1. The molecule has 1 saturated heterocycles. The molecule has 0 N–H and O–H groups in total. The van der Waals surface area contributed by atoms with Crippen molar-refractivity contribution >= 4 is 9.04 Å². The Bertz CT molecular complexity index is 155. The van der Waals surface area contributed by atoms with Crippen LogP contribution < -0.4 is 0 Å². The van der Waals surface area contributed by atoms with E-state index < -0.39 is 9.04 Å². The summed E-state index contributed by atoms with van der Waals surface area (Å²) < 4.78 is 5.89. The molecule has 1 aliphatic rings. The Morgan fingerprint density at radius 1 is 0.824 bits per heavy atom. The van der Waals surface area contributed by atoms with Gasteiger partial charge in [-0.2, -0.15) is 0 Å². The van der Waals surface area contributed by atoms with Crippen molar-refractivity contribution in [2.75, 3.05) is 6.61 Å². The lowest BCUT2D eigenvalue weighted by atomic mass is 10.1. The van der Waals surface area contributed by atoms with Crippen LogP contribution in [0.1, 0.15) is 77.6 Å². The van der Waals surface area contributed by atoms with Crippen molar-refractivity contribution < 1.29 is 4.43 Å². The van der Waals surface area contributed by atoms with Gasteiger partial charge < -0.3 is 4.43 Å². The molecule has 17 heavy (non-hydrogen) atoms. The molecule has 2 heteroatoms. The monoisotopic (exact) mass is 256 g/mol. The van der Waals surface area contributed by atoms with Gasteiger partial charge in [-0.1, -0.05) is 71.1 Å². The van der Waals surface area contributed by atoms with Gasteiger partial charge in [0.05, 0.1) is 0 Å². The van der Waals surface area contributed by atoms with E-state index in [9.17, 15) is 0 Å². The van der Waals surface area contributed by atoms with E-state index in [0.29, 0.717) is 0 Å². The summed E-state index contributed by atoms with van der Waals surface area (Å²) in [6.07, 6.45) is 15.8. The van der Waals surface area contributed by atoms with Crippen molar-refractivity contribution in [3.63, 3.8) is 0 Å². The van der Waals surface area contributed by atoms with Gasteiger partial charge in [0.1, 0.15) is 0 Å². The van der Waals surface area contributed by atoms with Crippen LogP contribution in [0.3, 0.4) is 0 Å². The average molecular weight is 257 g/mol. The fourth-order valence-electron chi connectivity index (χ4n) is 2.72. The van der Waals surface area contributed by atoms with Crippen LogP contribution in [0.2, 0.25) is 12.1 Å². The Morgan fingerprint density at radius 2 is 1.47 bits per heavy atom. The standard InChI is InChI=1S/C15H32OSi/c1-2-3-4-5-6-7-8-9-11-14-17-15-12-10-13-16-17/h17H,2-15H2,1H3.